The molecule has 0 aromatic carbocycles. The van der Waals surface area contributed by atoms with Crippen molar-refractivity contribution in [1.29, 1.82) is 0 Å². The van der Waals surface area contributed by atoms with E-state index in [0.29, 0.717) is 12.8 Å². The van der Waals surface area contributed by atoms with Crippen LogP contribution < -0.4 is 0 Å². The van der Waals surface area contributed by atoms with E-state index in [9.17, 15) is 14.7 Å². The zero-order valence-corrected chi connectivity index (χ0v) is 14.2. The van der Waals surface area contributed by atoms with Crippen LogP contribution in [0.25, 0.3) is 0 Å². The summed E-state index contributed by atoms with van der Waals surface area (Å²) < 4.78 is 17.3. The number of carboxylic acids is 1. The van der Waals surface area contributed by atoms with Gasteiger partial charge in [0.1, 0.15) is 17.7 Å². The van der Waals surface area contributed by atoms with E-state index in [1.807, 2.05) is 13.8 Å². The first-order valence-electron chi connectivity index (χ1n) is 8.10. The van der Waals surface area contributed by atoms with Crippen LogP contribution in [0.5, 0.6) is 0 Å². The number of rotatable bonds is 1. The van der Waals surface area contributed by atoms with Gasteiger partial charge in [0, 0.05) is 5.92 Å². The molecule has 4 fully saturated rings. The molecule has 1 saturated carbocycles. The second-order valence-electron chi connectivity index (χ2n) is 8.04. The average Bonchev–Trinajstić information content (AvgIpc) is 2.72. The highest BCUT2D eigenvalue weighted by atomic mass is 16.8. The Morgan fingerprint density at radius 3 is 2.35 bits per heavy atom. The lowest BCUT2D eigenvalue weighted by Gasteiger charge is -2.53. The Labute approximate surface area is 135 Å². The number of amides is 1. The molecule has 3 heterocycles. The number of carbonyl (C=O) groups is 2. The first-order valence-corrected chi connectivity index (χ1v) is 8.10. The van der Waals surface area contributed by atoms with Crippen LogP contribution in [0.15, 0.2) is 0 Å². The zero-order chi connectivity index (χ0) is 17.2. The molecule has 5 atom stereocenters. The van der Waals surface area contributed by atoms with E-state index < -0.39 is 29.5 Å². The van der Waals surface area contributed by atoms with Crippen molar-refractivity contribution in [3.8, 4) is 0 Å². The molecule has 0 radical (unpaired) electrons. The normalized spacial score (nSPS) is 38.3. The molecule has 1 N–H and O–H groups in total. The Bertz CT molecular complexity index is 525. The van der Waals surface area contributed by atoms with Crippen LogP contribution in [0, 0.1) is 5.92 Å². The molecular weight excluding hydrogens is 302 g/mol. The van der Waals surface area contributed by atoms with Crippen LogP contribution >= 0.6 is 0 Å². The lowest BCUT2D eigenvalue weighted by atomic mass is 9.71. The third-order valence-corrected chi connectivity index (χ3v) is 4.68. The number of ether oxygens (including phenoxy) is 3. The smallest absolute Gasteiger partial charge is 0.411 e. The highest BCUT2D eigenvalue weighted by molar-refractivity contribution is 5.81. The van der Waals surface area contributed by atoms with Gasteiger partial charge in [0.05, 0.1) is 12.1 Å². The molecule has 0 spiro atoms. The summed E-state index contributed by atoms with van der Waals surface area (Å²) in [7, 11) is 0. The largest absolute Gasteiger partial charge is 0.480 e. The second kappa shape index (κ2) is 5.08. The number of carbonyl (C=O) groups excluding carboxylic acids is 1. The van der Waals surface area contributed by atoms with Crippen LogP contribution in [-0.2, 0) is 19.0 Å². The van der Waals surface area contributed by atoms with Crippen molar-refractivity contribution in [2.45, 2.75) is 83.1 Å². The number of nitrogens with zero attached hydrogens (tertiary/aromatic N) is 1. The monoisotopic (exact) mass is 327 g/mol. The summed E-state index contributed by atoms with van der Waals surface area (Å²) in [6.07, 6.45) is 0.234. The Kier molecular flexibility index (Phi) is 3.65. The Hall–Kier alpha value is -1.34. The van der Waals surface area contributed by atoms with E-state index in [0.717, 1.165) is 0 Å². The highest BCUT2D eigenvalue weighted by Gasteiger charge is 2.63. The molecule has 7 nitrogen and oxygen atoms in total. The third kappa shape index (κ3) is 2.80. The van der Waals surface area contributed by atoms with Gasteiger partial charge in [-0.05, 0) is 47.5 Å². The number of hydrogen-bond acceptors (Lipinski definition) is 5. The summed E-state index contributed by atoms with van der Waals surface area (Å²) in [4.78, 5) is 25.8. The topological polar surface area (TPSA) is 85.3 Å². The number of aliphatic carboxylic acids is 1. The van der Waals surface area contributed by atoms with E-state index in [-0.39, 0.29) is 24.2 Å². The molecule has 1 amide bonds. The van der Waals surface area contributed by atoms with Crippen molar-refractivity contribution in [1.82, 2.24) is 4.90 Å². The Morgan fingerprint density at radius 1 is 1.17 bits per heavy atom. The van der Waals surface area contributed by atoms with Crippen LogP contribution in [0.3, 0.4) is 0 Å². The summed E-state index contributed by atoms with van der Waals surface area (Å²) >= 11 is 0. The summed E-state index contributed by atoms with van der Waals surface area (Å²) in [5, 5.41) is 9.68. The molecular formula is C16H25NO6. The molecule has 2 bridgehead atoms. The molecule has 4 aliphatic rings. The summed E-state index contributed by atoms with van der Waals surface area (Å²) in [6.45, 7) is 8.94. The van der Waals surface area contributed by atoms with Gasteiger partial charge in [0.25, 0.3) is 0 Å². The molecule has 3 aliphatic heterocycles. The summed E-state index contributed by atoms with van der Waals surface area (Å²) in [5.41, 5.74) is -0.678. The predicted molar refractivity (Wildman–Crippen MR) is 79.8 cm³/mol. The predicted octanol–water partition coefficient (Wildman–Crippen LogP) is 1.99. The third-order valence-electron chi connectivity index (χ3n) is 4.68. The van der Waals surface area contributed by atoms with Crippen LogP contribution in [0.1, 0.15) is 47.5 Å². The van der Waals surface area contributed by atoms with Gasteiger partial charge in [-0.15, -0.1) is 0 Å². The van der Waals surface area contributed by atoms with E-state index in [2.05, 4.69) is 0 Å². The maximum absolute atomic E-state index is 12.6. The zero-order valence-electron chi connectivity index (χ0n) is 14.2. The number of hydrogen-bond donors (Lipinski definition) is 1. The standard InChI is InChI=1S/C16H25NO6/c1-15(2,3)23-14(20)17-9-7-6-8(10(17)13(18)19)11-12(9)22-16(4,5)21-11/h8-12H,6-7H2,1-5H3,(H,18,19)/t8?,9?,10-,11-,12+/m0/s1. The van der Waals surface area contributed by atoms with E-state index >= 15 is 0 Å². The fraction of sp³-hybridized carbons (Fsp3) is 0.875. The van der Waals surface area contributed by atoms with Crippen molar-refractivity contribution < 1.29 is 28.9 Å². The van der Waals surface area contributed by atoms with Crippen molar-refractivity contribution in [2.24, 2.45) is 5.92 Å². The van der Waals surface area contributed by atoms with Gasteiger partial charge < -0.3 is 19.3 Å². The summed E-state index contributed by atoms with van der Waals surface area (Å²) in [5.74, 6) is -2.06. The van der Waals surface area contributed by atoms with Gasteiger partial charge in [0.15, 0.2) is 5.79 Å². The van der Waals surface area contributed by atoms with Crippen molar-refractivity contribution in [2.75, 3.05) is 0 Å². The quantitative estimate of drug-likeness (QED) is 0.793. The Balaban J connectivity index is 1.93. The van der Waals surface area contributed by atoms with Gasteiger partial charge in [-0.1, -0.05) is 0 Å². The molecule has 4 rings (SSSR count). The molecule has 130 valence electrons. The van der Waals surface area contributed by atoms with Gasteiger partial charge in [-0.25, -0.2) is 9.59 Å². The van der Waals surface area contributed by atoms with Gasteiger partial charge >= 0.3 is 12.1 Å². The highest BCUT2D eigenvalue weighted by Crippen LogP contribution is 2.49. The minimum absolute atomic E-state index is 0.281. The molecule has 23 heavy (non-hydrogen) atoms. The van der Waals surface area contributed by atoms with Crippen LogP contribution in [0.4, 0.5) is 4.79 Å². The fourth-order valence-corrected chi connectivity index (χ4v) is 4.05. The van der Waals surface area contributed by atoms with E-state index in [1.54, 1.807) is 20.8 Å². The van der Waals surface area contributed by atoms with Crippen molar-refractivity contribution >= 4 is 12.1 Å². The molecule has 1 aliphatic carbocycles. The van der Waals surface area contributed by atoms with E-state index in [4.69, 9.17) is 14.2 Å². The second-order valence-corrected chi connectivity index (χ2v) is 8.04. The van der Waals surface area contributed by atoms with Gasteiger partial charge in [-0.3, -0.25) is 4.90 Å². The van der Waals surface area contributed by atoms with E-state index in [1.165, 1.54) is 4.90 Å². The van der Waals surface area contributed by atoms with Crippen molar-refractivity contribution in [3.63, 3.8) is 0 Å². The Morgan fingerprint density at radius 2 is 1.78 bits per heavy atom. The molecule has 0 aromatic heterocycles. The molecule has 2 unspecified atom stereocenters. The van der Waals surface area contributed by atoms with Crippen LogP contribution in [0.2, 0.25) is 0 Å². The molecule has 7 heteroatoms. The lowest BCUT2D eigenvalue weighted by Crippen LogP contribution is -2.70. The average molecular weight is 327 g/mol. The van der Waals surface area contributed by atoms with Crippen molar-refractivity contribution in [3.05, 3.63) is 0 Å². The molecule has 0 aromatic rings. The SMILES string of the molecule is CC(C)(C)OC(=O)N1C2CCC([C@H]1C(=O)O)[C@@H]1OC(C)(C)O[C@H]21. The van der Waals surface area contributed by atoms with Crippen LogP contribution in [-0.4, -0.2) is 57.7 Å². The minimum atomic E-state index is -1.02. The molecule has 3 saturated heterocycles. The summed E-state index contributed by atoms with van der Waals surface area (Å²) in [6, 6.07) is -1.26. The van der Waals surface area contributed by atoms with Gasteiger partial charge in [0.2, 0.25) is 0 Å². The fourth-order valence-electron chi connectivity index (χ4n) is 4.05. The first kappa shape index (κ1) is 16.5. The van der Waals surface area contributed by atoms with Gasteiger partial charge in [-0.2, -0.15) is 0 Å². The maximum atomic E-state index is 12.6. The number of carboxylic acid groups (broad SMARTS) is 1. The number of piperidine rings is 2. The number of fused-ring (bicyclic) bond motifs is 2. The minimum Gasteiger partial charge on any atom is -0.480 e. The first-order chi connectivity index (χ1) is 10.5. The maximum Gasteiger partial charge on any atom is 0.411 e. The lowest BCUT2D eigenvalue weighted by molar-refractivity contribution is -0.164.